The summed E-state index contributed by atoms with van der Waals surface area (Å²) in [5.41, 5.74) is 1.20. The normalized spacial score (nSPS) is 15.7. The van der Waals surface area contributed by atoms with Crippen LogP contribution in [0.25, 0.3) is 0 Å². The molecule has 30 heavy (non-hydrogen) atoms. The number of aryl methyl sites for hydroxylation is 1. The topological polar surface area (TPSA) is 101 Å². The zero-order valence-electron chi connectivity index (χ0n) is 17.8. The zero-order valence-corrected chi connectivity index (χ0v) is 18.6. The van der Waals surface area contributed by atoms with Gasteiger partial charge in [0.1, 0.15) is 5.82 Å². The van der Waals surface area contributed by atoms with Gasteiger partial charge in [-0.2, -0.15) is 4.31 Å². The van der Waals surface area contributed by atoms with Gasteiger partial charge in [0.15, 0.2) is 0 Å². The highest BCUT2D eigenvalue weighted by atomic mass is 32.2. The monoisotopic (exact) mass is 432 g/mol. The molecule has 9 heteroatoms. The highest BCUT2D eigenvalue weighted by Gasteiger charge is 2.29. The molecule has 1 aromatic heterocycles. The quantitative estimate of drug-likeness (QED) is 0.779. The molecule has 2 heterocycles. The Balaban J connectivity index is 1.86. The van der Waals surface area contributed by atoms with E-state index in [4.69, 9.17) is 4.74 Å². The van der Waals surface area contributed by atoms with E-state index in [-0.39, 0.29) is 15.9 Å². The van der Waals surface area contributed by atoms with Gasteiger partial charge < -0.3 is 10.1 Å². The third-order valence-corrected chi connectivity index (χ3v) is 6.86. The lowest BCUT2D eigenvalue weighted by atomic mass is 9.96. The number of rotatable bonds is 5. The van der Waals surface area contributed by atoms with E-state index in [0.29, 0.717) is 49.8 Å². The van der Waals surface area contributed by atoms with Crippen molar-refractivity contribution in [3.63, 3.8) is 0 Å². The number of carbonyl (C=O) groups is 1. The molecule has 1 fully saturated rings. The molecule has 0 aliphatic carbocycles. The first-order valence-corrected chi connectivity index (χ1v) is 11.4. The van der Waals surface area contributed by atoms with E-state index in [9.17, 15) is 13.2 Å². The largest absolute Gasteiger partial charge is 0.379 e. The first kappa shape index (κ1) is 22.3. The number of carbonyl (C=O) groups excluding carboxylic acids is 1. The first-order valence-electron chi connectivity index (χ1n) is 9.97. The molecule has 1 saturated heterocycles. The van der Waals surface area contributed by atoms with E-state index in [2.05, 4.69) is 15.3 Å². The fourth-order valence-corrected chi connectivity index (χ4v) is 4.86. The predicted molar refractivity (Wildman–Crippen MR) is 114 cm³/mol. The molecule has 0 spiro atoms. The average molecular weight is 433 g/mol. The minimum Gasteiger partial charge on any atom is -0.379 e. The summed E-state index contributed by atoms with van der Waals surface area (Å²) in [5, 5.41) is 2.74. The lowest BCUT2D eigenvalue weighted by Crippen LogP contribution is -2.41. The van der Waals surface area contributed by atoms with Gasteiger partial charge in [0.25, 0.3) is 5.91 Å². The Kier molecular flexibility index (Phi) is 6.54. The molecule has 1 N–H and O–H groups in total. The van der Waals surface area contributed by atoms with Crippen LogP contribution in [0.2, 0.25) is 0 Å². The van der Waals surface area contributed by atoms with Crippen molar-refractivity contribution in [3.05, 3.63) is 47.5 Å². The number of hydrogen-bond acceptors (Lipinski definition) is 6. The summed E-state index contributed by atoms with van der Waals surface area (Å²) in [6.07, 6.45) is 3.65. The number of ether oxygens (including phenoxy) is 1. The van der Waals surface area contributed by atoms with Gasteiger partial charge in [0, 0.05) is 24.1 Å². The van der Waals surface area contributed by atoms with E-state index in [0.717, 1.165) is 0 Å². The van der Waals surface area contributed by atoms with Gasteiger partial charge in [-0.3, -0.25) is 4.79 Å². The van der Waals surface area contributed by atoms with Crippen LogP contribution in [0.15, 0.2) is 35.5 Å². The van der Waals surface area contributed by atoms with E-state index in [1.165, 1.54) is 10.4 Å². The summed E-state index contributed by atoms with van der Waals surface area (Å²) < 4.78 is 33.0. The maximum Gasteiger partial charge on any atom is 0.255 e. The number of nitrogens with one attached hydrogen (secondary N) is 1. The first-order chi connectivity index (χ1) is 14.1. The minimum atomic E-state index is -3.71. The summed E-state index contributed by atoms with van der Waals surface area (Å²) in [4.78, 5) is 21.5. The van der Waals surface area contributed by atoms with Crippen molar-refractivity contribution in [3.8, 4) is 0 Å². The van der Waals surface area contributed by atoms with Crippen molar-refractivity contribution in [2.75, 3.05) is 31.6 Å². The molecule has 0 radical (unpaired) electrons. The molecule has 0 atom stereocenters. The van der Waals surface area contributed by atoms with Gasteiger partial charge >= 0.3 is 0 Å². The second-order valence-electron chi connectivity index (χ2n) is 8.19. The maximum atomic E-state index is 13.2. The van der Waals surface area contributed by atoms with Gasteiger partial charge in [0.05, 0.1) is 36.2 Å². The number of morpholine rings is 1. The number of hydrogen-bond donors (Lipinski definition) is 1. The molecule has 2 aromatic rings. The molecule has 0 saturated carbocycles. The summed E-state index contributed by atoms with van der Waals surface area (Å²) >= 11 is 0. The van der Waals surface area contributed by atoms with Gasteiger partial charge in [-0.15, -0.1) is 0 Å². The fourth-order valence-electron chi connectivity index (χ4n) is 3.14. The number of nitrogens with zero attached hydrogens (tertiary/aromatic N) is 3. The number of amides is 1. The van der Waals surface area contributed by atoms with Crippen molar-refractivity contribution in [1.82, 2.24) is 14.3 Å². The number of anilines is 1. The second-order valence-corrected chi connectivity index (χ2v) is 10.1. The average Bonchev–Trinajstić information content (AvgIpc) is 2.73. The van der Waals surface area contributed by atoms with Crippen LogP contribution in [0.5, 0.6) is 0 Å². The van der Waals surface area contributed by atoms with E-state index < -0.39 is 15.9 Å². The third kappa shape index (κ3) is 4.85. The summed E-state index contributed by atoms with van der Waals surface area (Å²) in [6, 6.07) is 4.78. The molecule has 1 amide bonds. The van der Waals surface area contributed by atoms with Gasteiger partial charge in [-0.25, -0.2) is 18.4 Å². The smallest absolute Gasteiger partial charge is 0.255 e. The minimum absolute atomic E-state index is 0.166. The second kappa shape index (κ2) is 8.79. The summed E-state index contributed by atoms with van der Waals surface area (Å²) in [5.74, 6) is 0.259. The van der Waals surface area contributed by atoms with Crippen molar-refractivity contribution in [1.29, 1.82) is 0 Å². The van der Waals surface area contributed by atoms with Crippen LogP contribution >= 0.6 is 0 Å². The van der Waals surface area contributed by atoms with Crippen LogP contribution < -0.4 is 5.32 Å². The van der Waals surface area contributed by atoms with Crippen LogP contribution in [0, 0.1) is 0 Å². The summed E-state index contributed by atoms with van der Waals surface area (Å²) in [6.45, 7) is 9.25. The van der Waals surface area contributed by atoms with Crippen LogP contribution in [-0.2, 0) is 26.6 Å². The standard InChI is InChI=1S/C21H28N4O4S/c1-5-15-6-7-16(12-18(15)30(27,28)25-8-10-29-11-9-25)19(26)24-17-13-22-20(23-14-17)21(2,3)4/h6-7,12-14H,5,8-11H2,1-4H3,(H,24,26). The van der Waals surface area contributed by atoms with Gasteiger partial charge in [-0.05, 0) is 24.1 Å². The zero-order chi connectivity index (χ0) is 21.9. The molecule has 162 valence electrons. The van der Waals surface area contributed by atoms with E-state index in [1.54, 1.807) is 24.5 Å². The fraction of sp³-hybridized carbons (Fsp3) is 0.476. The highest BCUT2D eigenvalue weighted by molar-refractivity contribution is 7.89. The van der Waals surface area contributed by atoms with Crippen LogP contribution in [0.3, 0.4) is 0 Å². The third-order valence-electron chi connectivity index (χ3n) is 4.88. The molecular formula is C21H28N4O4S. The number of sulfonamides is 1. The van der Waals surface area contributed by atoms with Crippen molar-refractivity contribution in [2.24, 2.45) is 0 Å². The van der Waals surface area contributed by atoms with E-state index in [1.807, 2.05) is 27.7 Å². The van der Waals surface area contributed by atoms with Crippen molar-refractivity contribution >= 4 is 21.6 Å². The van der Waals surface area contributed by atoms with Gasteiger partial charge in [-0.1, -0.05) is 33.8 Å². The maximum absolute atomic E-state index is 13.2. The highest BCUT2D eigenvalue weighted by Crippen LogP contribution is 2.24. The van der Waals surface area contributed by atoms with Crippen molar-refractivity contribution < 1.29 is 17.9 Å². The SMILES string of the molecule is CCc1ccc(C(=O)Nc2cnc(C(C)(C)C)nc2)cc1S(=O)(=O)N1CCOCC1. The molecule has 0 bridgehead atoms. The van der Waals surface area contributed by atoms with E-state index >= 15 is 0 Å². The Bertz CT molecular complexity index is 1010. The van der Waals surface area contributed by atoms with Crippen LogP contribution in [-0.4, -0.2) is 54.9 Å². The van der Waals surface area contributed by atoms with Crippen molar-refractivity contribution in [2.45, 2.75) is 44.4 Å². The number of aromatic nitrogens is 2. The predicted octanol–water partition coefficient (Wildman–Crippen LogP) is 2.61. The summed E-state index contributed by atoms with van der Waals surface area (Å²) in [7, 11) is -3.71. The molecule has 1 aliphatic rings. The molecule has 1 aromatic carbocycles. The lowest BCUT2D eigenvalue weighted by Gasteiger charge is -2.27. The Morgan fingerprint density at radius 3 is 2.37 bits per heavy atom. The van der Waals surface area contributed by atoms with Crippen LogP contribution in [0.1, 0.15) is 49.4 Å². The molecule has 3 rings (SSSR count). The molecule has 8 nitrogen and oxygen atoms in total. The number of benzene rings is 1. The molecule has 0 unspecified atom stereocenters. The van der Waals surface area contributed by atoms with Gasteiger partial charge in [0.2, 0.25) is 10.0 Å². The van der Waals surface area contributed by atoms with Crippen LogP contribution in [0.4, 0.5) is 5.69 Å². The molecular weight excluding hydrogens is 404 g/mol. The Hall–Kier alpha value is -2.36. The lowest BCUT2D eigenvalue weighted by molar-refractivity contribution is 0.0730. The Labute approximate surface area is 177 Å². The Morgan fingerprint density at radius 2 is 1.80 bits per heavy atom. The Morgan fingerprint density at radius 1 is 1.17 bits per heavy atom. The molecule has 1 aliphatic heterocycles.